The Hall–Kier alpha value is -0.200. The highest BCUT2D eigenvalue weighted by atomic mass is 127. The van der Waals surface area contributed by atoms with Gasteiger partial charge in [-0.15, -0.1) is 24.0 Å². The predicted molar refractivity (Wildman–Crippen MR) is 95.6 cm³/mol. The van der Waals surface area contributed by atoms with Crippen LogP contribution in [0.4, 0.5) is 0 Å². The second-order valence-electron chi connectivity index (χ2n) is 5.16. The van der Waals surface area contributed by atoms with E-state index in [0.29, 0.717) is 16.9 Å². The minimum atomic E-state index is 0. The topological polar surface area (TPSA) is 36.4 Å². The van der Waals surface area contributed by atoms with Crippen molar-refractivity contribution in [2.45, 2.75) is 18.8 Å². The fourth-order valence-electron chi connectivity index (χ4n) is 2.54. The van der Waals surface area contributed by atoms with Gasteiger partial charge in [0.05, 0.1) is 0 Å². The first-order chi connectivity index (χ1) is 9.24. The van der Waals surface area contributed by atoms with Gasteiger partial charge in [-0.25, -0.2) is 0 Å². The van der Waals surface area contributed by atoms with Crippen LogP contribution in [0, 0.1) is 5.92 Å². The van der Waals surface area contributed by atoms with Gasteiger partial charge in [-0.05, 0) is 42.4 Å². The van der Waals surface area contributed by atoms with Crippen LogP contribution in [0.3, 0.4) is 0 Å². The number of nitrogens with zero attached hydrogens (tertiary/aromatic N) is 1. The summed E-state index contributed by atoms with van der Waals surface area (Å²) in [6, 6.07) is 5.79. The first-order valence-corrected chi connectivity index (χ1v) is 7.47. The van der Waals surface area contributed by atoms with Crippen molar-refractivity contribution in [1.29, 1.82) is 0 Å². The molecule has 1 heterocycles. The zero-order valence-electron chi connectivity index (χ0n) is 11.0. The number of guanidine groups is 1. The molecule has 1 fully saturated rings. The number of hydrogen-bond donors (Lipinski definition) is 2. The molecule has 1 aromatic carbocycles. The fourth-order valence-corrected chi connectivity index (χ4v) is 3.08. The average molecular weight is 426 g/mol. The van der Waals surface area contributed by atoms with Crippen molar-refractivity contribution in [3.05, 3.63) is 33.8 Å². The van der Waals surface area contributed by atoms with Crippen molar-refractivity contribution in [3.63, 3.8) is 0 Å². The summed E-state index contributed by atoms with van der Waals surface area (Å²) in [6.07, 6.45) is 2.30. The molecule has 3 rings (SSSR count). The molecule has 2 atom stereocenters. The van der Waals surface area contributed by atoms with Gasteiger partial charge in [-0.2, -0.15) is 0 Å². The van der Waals surface area contributed by atoms with Gasteiger partial charge >= 0.3 is 0 Å². The van der Waals surface area contributed by atoms with Gasteiger partial charge in [0, 0.05) is 29.7 Å². The van der Waals surface area contributed by atoms with E-state index in [0.717, 1.165) is 37.0 Å². The third-order valence-electron chi connectivity index (χ3n) is 3.71. The van der Waals surface area contributed by atoms with E-state index < -0.39 is 0 Å². The molecule has 2 N–H and O–H groups in total. The molecule has 0 saturated heterocycles. The molecule has 0 amide bonds. The van der Waals surface area contributed by atoms with Crippen LogP contribution in [0.1, 0.15) is 24.3 Å². The van der Waals surface area contributed by atoms with Crippen LogP contribution in [-0.4, -0.2) is 25.6 Å². The summed E-state index contributed by atoms with van der Waals surface area (Å²) < 4.78 is 0. The summed E-state index contributed by atoms with van der Waals surface area (Å²) in [4.78, 5) is 4.41. The Kier molecular flexibility index (Phi) is 5.81. The molecule has 2 aliphatic rings. The Balaban J connectivity index is 0.00000147. The van der Waals surface area contributed by atoms with Crippen LogP contribution in [0.15, 0.2) is 23.2 Å². The highest BCUT2D eigenvalue weighted by Crippen LogP contribution is 2.49. The first kappa shape index (κ1) is 16.2. The van der Waals surface area contributed by atoms with E-state index in [1.165, 1.54) is 12.0 Å². The van der Waals surface area contributed by atoms with Crippen LogP contribution in [0.2, 0.25) is 10.0 Å². The highest BCUT2D eigenvalue weighted by molar-refractivity contribution is 14.0. The van der Waals surface area contributed by atoms with E-state index in [2.05, 4.69) is 15.6 Å². The summed E-state index contributed by atoms with van der Waals surface area (Å²) in [5.41, 5.74) is 1.22. The second-order valence-corrected chi connectivity index (χ2v) is 6.00. The third kappa shape index (κ3) is 3.92. The smallest absolute Gasteiger partial charge is 0.191 e. The zero-order valence-corrected chi connectivity index (χ0v) is 14.9. The van der Waals surface area contributed by atoms with Crippen LogP contribution < -0.4 is 10.6 Å². The number of rotatable bonds is 3. The lowest BCUT2D eigenvalue weighted by atomic mass is 10.1. The maximum Gasteiger partial charge on any atom is 0.191 e. The standard InChI is InChI=1S/C14H17Cl2N3.HI/c15-10-2-3-11(13(16)7-10)12-6-9(12)8-19-14-17-4-1-5-18-14;/h2-3,7,9,12H,1,4-6,8H2,(H2,17,18,19);1H. The van der Waals surface area contributed by atoms with E-state index in [-0.39, 0.29) is 24.0 Å². The number of aliphatic imine (C=N–C) groups is 1. The molecular formula is C14H18Cl2IN3. The summed E-state index contributed by atoms with van der Waals surface area (Å²) in [6.45, 7) is 2.89. The first-order valence-electron chi connectivity index (χ1n) is 6.71. The lowest BCUT2D eigenvalue weighted by molar-refractivity contribution is 0.674. The molecule has 1 aliphatic heterocycles. The number of benzene rings is 1. The largest absolute Gasteiger partial charge is 0.356 e. The fraction of sp³-hybridized carbons (Fsp3) is 0.500. The average Bonchev–Trinajstić information content (AvgIpc) is 3.17. The van der Waals surface area contributed by atoms with Crippen molar-refractivity contribution in [2.75, 3.05) is 19.6 Å². The summed E-state index contributed by atoms with van der Waals surface area (Å²) >= 11 is 12.2. The van der Waals surface area contributed by atoms with E-state index >= 15 is 0 Å². The predicted octanol–water partition coefficient (Wildman–Crippen LogP) is 3.65. The Morgan fingerprint density at radius 2 is 2.20 bits per heavy atom. The van der Waals surface area contributed by atoms with E-state index in [4.69, 9.17) is 23.2 Å². The minimum absolute atomic E-state index is 0. The van der Waals surface area contributed by atoms with Crippen LogP contribution >= 0.6 is 47.2 Å². The van der Waals surface area contributed by atoms with Crippen molar-refractivity contribution in [2.24, 2.45) is 10.9 Å². The number of hydrogen-bond acceptors (Lipinski definition) is 3. The maximum atomic E-state index is 6.24. The van der Waals surface area contributed by atoms with Gasteiger partial charge in [0.15, 0.2) is 5.96 Å². The normalized spacial score (nSPS) is 24.2. The van der Waals surface area contributed by atoms with E-state index in [1.54, 1.807) is 0 Å². The quantitative estimate of drug-likeness (QED) is 0.725. The molecule has 0 aromatic heterocycles. The van der Waals surface area contributed by atoms with Crippen molar-refractivity contribution in [3.8, 4) is 0 Å². The van der Waals surface area contributed by atoms with E-state index in [9.17, 15) is 0 Å². The van der Waals surface area contributed by atoms with Crippen LogP contribution in [-0.2, 0) is 0 Å². The maximum absolute atomic E-state index is 6.24. The highest BCUT2D eigenvalue weighted by Gasteiger charge is 2.39. The summed E-state index contributed by atoms with van der Waals surface area (Å²) in [5, 5.41) is 8.14. The molecule has 1 saturated carbocycles. The monoisotopic (exact) mass is 425 g/mol. The Labute approximate surface area is 146 Å². The third-order valence-corrected chi connectivity index (χ3v) is 4.28. The molecule has 1 aromatic rings. The van der Waals surface area contributed by atoms with E-state index in [1.807, 2.05) is 18.2 Å². The molecule has 0 bridgehead atoms. The van der Waals surface area contributed by atoms with Gasteiger partial charge < -0.3 is 10.6 Å². The van der Waals surface area contributed by atoms with Crippen molar-refractivity contribution < 1.29 is 0 Å². The molecule has 6 heteroatoms. The number of halogens is 3. The Bertz CT molecular complexity index is 507. The lowest BCUT2D eigenvalue weighted by Crippen LogP contribution is -2.41. The second kappa shape index (κ2) is 7.18. The lowest BCUT2D eigenvalue weighted by Gasteiger charge is -2.15. The van der Waals surface area contributed by atoms with Gasteiger partial charge in [0.25, 0.3) is 0 Å². The molecular weight excluding hydrogens is 408 g/mol. The Morgan fingerprint density at radius 1 is 1.35 bits per heavy atom. The van der Waals surface area contributed by atoms with Gasteiger partial charge in [0.1, 0.15) is 0 Å². The summed E-state index contributed by atoms with van der Waals surface area (Å²) in [5.74, 6) is 2.14. The van der Waals surface area contributed by atoms with Crippen molar-refractivity contribution in [1.82, 2.24) is 10.6 Å². The SMILES string of the molecule is Clc1ccc(C2CC2CNC2=NCCCN2)c(Cl)c1.I. The molecule has 1 aliphatic carbocycles. The zero-order chi connectivity index (χ0) is 13.2. The molecule has 110 valence electrons. The molecule has 0 radical (unpaired) electrons. The summed E-state index contributed by atoms with van der Waals surface area (Å²) in [7, 11) is 0. The van der Waals surface area contributed by atoms with Crippen LogP contribution in [0.25, 0.3) is 0 Å². The van der Waals surface area contributed by atoms with Gasteiger partial charge in [0.2, 0.25) is 0 Å². The minimum Gasteiger partial charge on any atom is -0.356 e. The van der Waals surface area contributed by atoms with Crippen molar-refractivity contribution >= 4 is 53.1 Å². The molecule has 2 unspecified atom stereocenters. The Morgan fingerprint density at radius 3 is 2.90 bits per heavy atom. The van der Waals surface area contributed by atoms with Crippen LogP contribution in [0.5, 0.6) is 0 Å². The number of nitrogens with one attached hydrogen (secondary N) is 2. The molecule has 20 heavy (non-hydrogen) atoms. The van der Waals surface area contributed by atoms with Gasteiger partial charge in [-0.1, -0.05) is 29.3 Å². The van der Waals surface area contributed by atoms with Gasteiger partial charge in [-0.3, -0.25) is 4.99 Å². The molecule has 3 nitrogen and oxygen atoms in total. The molecule has 0 spiro atoms.